The van der Waals surface area contributed by atoms with Crippen LogP contribution in [0.1, 0.15) is 99.0 Å². The van der Waals surface area contributed by atoms with Crippen molar-refractivity contribution in [3.8, 4) is 0 Å². The van der Waals surface area contributed by atoms with E-state index in [0.717, 1.165) is 23.4 Å². The molecule has 0 spiro atoms. The Balaban J connectivity index is 0.000000193. The molecule has 0 heterocycles. The molecule has 0 radical (unpaired) electrons. The summed E-state index contributed by atoms with van der Waals surface area (Å²) in [6.07, 6.45) is 7.64. The predicted octanol–water partition coefficient (Wildman–Crippen LogP) is 29.2. The highest BCUT2D eigenvalue weighted by Gasteiger charge is 2.06. The zero-order valence-electron chi connectivity index (χ0n) is 57.4. The van der Waals surface area contributed by atoms with Gasteiger partial charge in [-0.05, 0) is 237 Å². The maximum absolute atomic E-state index is 12.2. The lowest BCUT2D eigenvalue weighted by Gasteiger charge is -2.13. The molecule has 0 N–H and O–H groups in total. The highest BCUT2D eigenvalue weighted by Crippen LogP contribution is 2.24. The van der Waals surface area contributed by atoms with Crippen LogP contribution in [-0.4, -0.2) is 0 Å². The molecular formula is C89H91Cl6F. The molecule has 0 aromatic heterocycles. The SMILES string of the molecule is CCc1ccc(C)cc1C.CCc1ccc2ccccc2c1.Cc1ccc(C)c(C)c1.Cc1ccc(Cl)c(Cl)c1.Cc1ccc2ccccc2c1.Cc1ccccc1C.Clc1ccc2ccccc2c1.Clc1ccccc1Cl.Fc1ccccc1Cl.c1ccc2c(c1)CCCC2. The first-order valence-electron chi connectivity index (χ1n) is 32.6. The van der Waals surface area contributed by atoms with Gasteiger partial charge >= 0.3 is 0 Å². The van der Waals surface area contributed by atoms with Gasteiger partial charge in [0.2, 0.25) is 0 Å². The quantitative estimate of drug-likeness (QED) is 0.162. The van der Waals surface area contributed by atoms with Crippen LogP contribution >= 0.6 is 69.6 Å². The molecule has 0 bridgehead atoms. The fourth-order valence-corrected chi connectivity index (χ4v) is 10.8. The molecule has 1 aliphatic carbocycles. The van der Waals surface area contributed by atoms with E-state index in [1.54, 1.807) is 41.5 Å². The normalized spacial score (nSPS) is 10.5. The molecule has 0 aliphatic heterocycles. The summed E-state index contributed by atoms with van der Waals surface area (Å²) >= 11 is 33.6. The van der Waals surface area contributed by atoms with Crippen molar-refractivity contribution in [3.05, 3.63) is 387 Å². The van der Waals surface area contributed by atoms with Gasteiger partial charge in [-0.3, -0.25) is 0 Å². The molecule has 96 heavy (non-hydrogen) atoms. The first-order valence-corrected chi connectivity index (χ1v) is 34.9. The van der Waals surface area contributed by atoms with Crippen LogP contribution in [0, 0.1) is 68.1 Å². The second kappa shape index (κ2) is 43.5. The van der Waals surface area contributed by atoms with Crippen molar-refractivity contribution in [2.45, 2.75) is 115 Å². The average molecular weight is 1390 g/mol. The smallest absolute Gasteiger partial charge is 0.141 e. The molecule has 0 amide bonds. The van der Waals surface area contributed by atoms with Crippen LogP contribution in [0.2, 0.25) is 30.1 Å². The van der Waals surface area contributed by atoms with Crippen LogP contribution in [-0.2, 0) is 25.7 Å². The Morgan fingerprint density at radius 2 is 0.646 bits per heavy atom. The Bertz CT molecular complexity index is 4120. The molecule has 0 nitrogen and oxygen atoms in total. The van der Waals surface area contributed by atoms with Crippen molar-refractivity contribution < 1.29 is 4.39 Å². The Hall–Kier alpha value is -7.69. The standard InChI is InChI=1S/C12H12.C11H10.C10H7Cl.C10H12.C10H14.C9H12.C8H10.C7H6Cl2.C6H4Cl2.C6H4ClF/c1-2-10-7-8-11-5-3-4-6-12(11)9-10;1-9-6-7-10-4-2-3-5-11(10)8-9;11-10-6-5-8-3-1-2-4-9(8)7-10;1-2-6-10-8-4-3-7-9(10)5-1;1-4-10-6-5-8(2)7-9(10)3;1-7-4-5-8(2)9(3)6-7;1-7-5-3-4-6-8(7)2;1-5-2-3-6(8)7(9)4-5;2*7-5-3-1-2-4-6(5)8/h3-9H,2H2,1H3;2-8H,1H3;1-7H;1-2,5-6H,3-4,7-8H2;5-7H,4H2,1-3H3;4-6H,1-3H3;3-6H,1-2H3;2-4H,1H3;2*1-4H. The Kier molecular flexibility index (Phi) is 35.8. The van der Waals surface area contributed by atoms with Crippen molar-refractivity contribution >= 4 is 102 Å². The predicted molar refractivity (Wildman–Crippen MR) is 425 cm³/mol. The van der Waals surface area contributed by atoms with Crippen molar-refractivity contribution in [3.63, 3.8) is 0 Å². The second-order valence-electron chi connectivity index (χ2n) is 23.6. The second-order valence-corrected chi connectivity index (χ2v) is 26.0. The third kappa shape index (κ3) is 29.3. The average Bonchev–Trinajstić information content (AvgIpc) is 1.49. The van der Waals surface area contributed by atoms with E-state index in [1.807, 2.05) is 61.5 Å². The molecular weight excluding hydrogens is 1300 g/mol. The number of hydrogen-bond donors (Lipinski definition) is 0. The molecule has 0 unspecified atom stereocenters. The number of fused-ring (bicyclic) bond motifs is 4. The Morgan fingerprint density at radius 1 is 0.271 bits per heavy atom. The summed E-state index contributed by atoms with van der Waals surface area (Å²) in [5, 5.41) is 11.2. The van der Waals surface area contributed by atoms with Gasteiger partial charge in [0, 0.05) is 5.02 Å². The first-order chi connectivity index (χ1) is 46.1. The molecule has 496 valence electrons. The molecule has 7 heteroatoms. The van der Waals surface area contributed by atoms with E-state index in [0.29, 0.717) is 20.1 Å². The molecule has 0 saturated carbocycles. The zero-order chi connectivity index (χ0) is 69.8. The van der Waals surface area contributed by atoms with Crippen LogP contribution < -0.4 is 0 Å². The van der Waals surface area contributed by atoms with Gasteiger partial charge in [-0.25, -0.2) is 4.39 Å². The minimum Gasteiger partial charge on any atom is -0.205 e. The number of benzene rings is 13. The topological polar surface area (TPSA) is 0 Å². The Morgan fingerprint density at radius 3 is 1.08 bits per heavy atom. The summed E-state index contributed by atoms with van der Waals surface area (Å²) in [4.78, 5) is 0. The van der Waals surface area contributed by atoms with Gasteiger partial charge in [0.25, 0.3) is 0 Å². The summed E-state index contributed by atoms with van der Waals surface area (Å²) in [5.41, 5.74) is 18.1. The molecule has 14 rings (SSSR count). The van der Waals surface area contributed by atoms with Gasteiger partial charge in [-0.1, -0.05) is 331 Å². The van der Waals surface area contributed by atoms with Crippen molar-refractivity contribution in [2.24, 2.45) is 0 Å². The first kappa shape index (κ1) is 79.0. The van der Waals surface area contributed by atoms with Gasteiger partial charge in [0.1, 0.15) is 5.82 Å². The summed E-state index contributed by atoms with van der Waals surface area (Å²) in [6, 6.07) is 93.2. The monoisotopic (exact) mass is 1390 g/mol. The van der Waals surface area contributed by atoms with Crippen molar-refractivity contribution in [1.82, 2.24) is 0 Å². The van der Waals surface area contributed by atoms with Crippen LogP contribution in [0.3, 0.4) is 0 Å². The summed E-state index contributed by atoms with van der Waals surface area (Å²) in [6.45, 7) is 23.4. The number of rotatable bonds is 2. The number of aryl methyl sites for hydroxylation is 13. The highest BCUT2D eigenvalue weighted by molar-refractivity contribution is 6.42. The third-order valence-electron chi connectivity index (χ3n) is 15.8. The van der Waals surface area contributed by atoms with Crippen LogP contribution in [0.4, 0.5) is 4.39 Å². The minimum atomic E-state index is -0.367. The molecule has 0 atom stereocenters. The van der Waals surface area contributed by atoms with Crippen molar-refractivity contribution in [2.75, 3.05) is 0 Å². The van der Waals surface area contributed by atoms with Gasteiger partial charge < -0.3 is 0 Å². The van der Waals surface area contributed by atoms with E-state index in [9.17, 15) is 4.39 Å². The summed E-state index contributed by atoms with van der Waals surface area (Å²) in [5.74, 6) is -0.367. The van der Waals surface area contributed by atoms with Gasteiger partial charge in [-0.2, -0.15) is 0 Å². The lowest BCUT2D eigenvalue weighted by Crippen LogP contribution is -2.00. The van der Waals surface area contributed by atoms with E-state index in [-0.39, 0.29) is 10.8 Å². The van der Waals surface area contributed by atoms with E-state index >= 15 is 0 Å². The molecule has 0 fully saturated rings. The van der Waals surface area contributed by atoms with Gasteiger partial charge in [-0.15, -0.1) is 0 Å². The van der Waals surface area contributed by atoms with Crippen molar-refractivity contribution in [1.29, 1.82) is 0 Å². The van der Waals surface area contributed by atoms with Crippen LogP contribution in [0.15, 0.2) is 279 Å². The largest absolute Gasteiger partial charge is 0.205 e. The molecule has 13 aromatic carbocycles. The maximum atomic E-state index is 12.2. The van der Waals surface area contributed by atoms with E-state index in [4.69, 9.17) is 69.6 Å². The number of hydrogen-bond acceptors (Lipinski definition) is 0. The number of halogens is 7. The van der Waals surface area contributed by atoms with E-state index < -0.39 is 0 Å². The lowest BCUT2D eigenvalue weighted by molar-refractivity contribution is 0.628. The van der Waals surface area contributed by atoms with E-state index in [2.05, 4.69) is 251 Å². The minimum absolute atomic E-state index is 0.174. The van der Waals surface area contributed by atoms with Gasteiger partial charge in [0.15, 0.2) is 0 Å². The van der Waals surface area contributed by atoms with E-state index in [1.165, 1.54) is 126 Å². The molecule has 1 aliphatic rings. The fraction of sp³-hybridized carbons (Fsp3) is 0.191. The van der Waals surface area contributed by atoms with Gasteiger partial charge in [0.05, 0.1) is 25.1 Å². The van der Waals surface area contributed by atoms with Crippen LogP contribution in [0.5, 0.6) is 0 Å². The maximum Gasteiger partial charge on any atom is 0.141 e. The zero-order valence-corrected chi connectivity index (χ0v) is 62.0. The third-order valence-corrected chi connectivity index (χ3v) is 17.8. The summed E-state index contributed by atoms with van der Waals surface area (Å²) in [7, 11) is 0. The van der Waals surface area contributed by atoms with Crippen LogP contribution in [0.25, 0.3) is 32.3 Å². The molecule has 13 aromatic rings. The lowest BCUT2D eigenvalue weighted by atomic mass is 9.92. The molecule has 0 saturated heterocycles. The highest BCUT2D eigenvalue weighted by atomic mass is 35.5. The fourth-order valence-electron chi connectivity index (χ4n) is 9.88. The Labute approximate surface area is 603 Å². The summed E-state index contributed by atoms with van der Waals surface area (Å²) < 4.78 is 12.2.